The fraction of sp³-hybridized carbons (Fsp3) is 0.400. The average Bonchev–Trinajstić information content (AvgIpc) is 2.16. The van der Waals surface area contributed by atoms with E-state index in [0.717, 1.165) is 12.8 Å². The van der Waals surface area contributed by atoms with Crippen molar-refractivity contribution in [1.82, 2.24) is 4.98 Å². The molecule has 1 heterocycles. The topological polar surface area (TPSA) is 71.9 Å². The molecule has 1 fully saturated rings. The van der Waals surface area contributed by atoms with Crippen LogP contribution in [-0.2, 0) is 0 Å². The van der Waals surface area contributed by atoms with Crippen LogP contribution in [0.15, 0.2) is 18.2 Å². The first-order valence-electron chi connectivity index (χ1n) is 4.57. The Morgan fingerprint density at radius 1 is 1.50 bits per heavy atom. The number of nitrogens with two attached hydrogens (primary N) is 1. The zero-order chi connectivity index (χ0) is 9.97. The van der Waals surface area contributed by atoms with Gasteiger partial charge in [-0.15, -0.1) is 0 Å². The van der Waals surface area contributed by atoms with E-state index in [9.17, 15) is 0 Å². The Morgan fingerprint density at radius 3 is 2.93 bits per heavy atom. The van der Waals surface area contributed by atoms with Gasteiger partial charge in [-0.25, -0.2) is 4.98 Å². The van der Waals surface area contributed by atoms with Gasteiger partial charge in [-0.2, -0.15) is 5.26 Å². The first-order valence-corrected chi connectivity index (χ1v) is 4.57. The molecule has 14 heavy (non-hydrogen) atoms. The van der Waals surface area contributed by atoms with E-state index in [4.69, 9.17) is 15.7 Å². The first kappa shape index (κ1) is 8.97. The predicted molar refractivity (Wildman–Crippen MR) is 50.6 cm³/mol. The van der Waals surface area contributed by atoms with Crippen LogP contribution in [0.3, 0.4) is 0 Å². The second-order valence-corrected chi connectivity index (χ2v) is 3.44. The minimum Gasteiger partial charge on any atom is -0.474 e. The van der Waals surface area contributed by atoms with Gasteiger partial charge in [0.1, 0.15) is 17.9 Å². The van der Waals surface area contributed by atoms with E-state index in [-0.39, 0.29) is 12.1 Å². The number of hydrogen-bond donors (Lipinski definition) is 1. The normalized spacial score (nSPS) is 24.9. The number of nitrogens with zero attached hydrogens (tertiary/aromatic N) is 2. The van der Waals surface area contributed by atoms with Crippen molar-refractivity contribution in [1.29, 1.82) is 5.26 Å². The highest BCUT2D eigenvalue weighted by Gasteiger charge is 2.27. The Balaban J connectivity index is 2.00. The summed E-state index contributed by atoms with van der Waals surface area (Å²) in [7, 11) is 0. The molecule has 1 aliphatic carbocycles. The van der Waals surface area contributed by atoms with Crippen LogP contribution in [-0.4, -0.2) is 17.1 Å². The molecule has 72 valence electrons. The van der Waals surface area contributed by atoms with Gasteiger partial charge < -0.3 is 10.5 Å². The quantitative estimate of drug-likeness (QED) is 0.747. The summed E-state index contributed by atoms with van der Waals surface area (Å²) in [5.41, 5.74) is 6.01. The highest BCUT2D eigenvalue weighted by molar-refractivity contribution is 5.25. The molecule has 1 saturated carbocycles. The smallest absolute Gasteiger partial charge is 0.214 e. The number of hydrogen-bond acceptors (Lipinski definition) is 4. The molecule has 0 atom stereocenters. The predicted octanol–water partition coefficient (Wildman–Crippen LogP) is 0.822. The van der Waals surface area contributed by atoms with E-state index in [0.29, 0.717) is 11.6 Å². The van der Waals surface area contributed by atoms with Crippen LogP contribution in [0.1, 0.15) is 18.5 Å². The lowest BCUT2D eigenvalue weighted by Crippen LogP contribution is -2.43. The van der Waals surface area contributed by atoms with Crippen molar-refractivity contribution in [2.45, 2.75) is 25.0 Å². The summed E-state index contributed by atoms with van der Waals surface area (Å²) < 4.78 is 5.52. The van der Waals surface area contributed by atoms with Gasteiger partial charge in [0.2, 0.25) is 5.88 Å². The molecule has 2 rings (SSSR count). The van der Waals surface area contributed by atoms with Crippen molar-refractivity contribution >= 4 is 0 Å². The molecule has 0 aromatic carbocycles. The fourth-order valence-corrected chi connectivity index (χ4v) is 1.42. The van der Waals surface area contributed by atoms with E-state index < -0.39 is 0 Å². The molecule has 0 amide bonds. The summed E-state index contributed by atoms with van der Waals surface area (Å²) >= 11 is 0. The number of nitriles is 1. The minimum absolute atomic E-state index is 0.173. The Kier molecular flexibility index (Phi) is 2.33. The Morgan fingerprint density at radius 2 is 2.29 bits per heavy atom. The summed E-state index contributed by atoms with van der Waals surface area (Å²) in [6.45, 7) is 0. The van der Waals surface area contributed by atoms with E-state index in [2.05, 4.69) is 4.98 Å². The third-order valence-electron chi connectivity index (χ3n) is 2.26. The zero-order valence-electron chi connectivity index (χ0n) is 7.68. The van der Waals surface area contributed by atoms with Crippen LogP contribution in [0.5, 0.6) is 5.88 Å². The van der Waals surface area contributed by atoms with Crippen LogP contribution in [0.2, 0.25) is 0 Å². The highest BCUT2D eigenvalue weighted by atomic mass is 16.5. The van der Waals surface area contributed by atoms with E-state index in [1.165, 1.54) is 0 Å². The molecular weight excluding hydrogens is 178 g/mol. The van der Waals surface area contributed by atoms with Gasteiger partial charge >= 0.3 is 0 Å². The average molecular weight is 189 g/mol. The van der Waals surface area contributed by atoms with Crippen molar-refractivity contribution in [3.05, 3.63) is 23.9 Å². The van der Waals surface area contributed by atoms with E-state index in [1.807, 2.05) is 6.07 Å². The standard InChI is InChI=1S/C10H11N3O/c11-6-8-2-1-3-10(13-8)14-9-4-7(12)5-9/h1-3,7,9H,4-5,12H2. The summed E-state index contributed by atoms with van der Waals surface area (Å²) in [6, 6.07) is 7.40. The maximum atomic E-state index is 8.62. The number of rotatable bonds is 2. The number of ether oxygens (including phenoxy) is 1. The summed E-state index contributed by atoms with van der Waals surface area (Å²) in [6.07, 6.45) is 1.92. The summed E-state index contributed by atoms with van der Waals surface area (Å²) in [5.74, 6) is 0.515. The molecule has 0 bridgehead atoms. The Labute approximate surface area is 82.3 Å². The van der Waals surface area contributed by atoms with Crippen LogP contribution in [0, 0.1) is 11.3 Å². The van der Waals surface area contributed by atoms with Crippen molar-refractivity contribution in [3.8, 4) is 11.9 Å². The molecular formula is C10H11N3O. The maximum Gasteiger partial charge on any atom is 0.214 e. The molecule has 0 spiro atoms. The van der Waals surface area contributed by atoms with Crippen molar-refractivity contribution in [3.63, 3.8) is 0 Å². The molecule has 0 aliphatic heterocycles. The molecule has 1 aliphatic rings. The lowest BCUT2D eigenvalue weighted by molar-refractivity contribution is 0.0958. The van der Waals surface area contributed by atoms with Gasteiger partial charge in [-0.1, -0.05) is 6.07 Å². The van der Waals surface area contributed by atoms with Gasteiger partial charge in [0.25, 0.3) is 0 Å². The fourth-order valence-electron chi connectivity index (χ4n) is 1.42. The molecule has 1 aromatic rings. The third-order valence-corrected chi connectivity index (χ3v) is 2.26. The molecule has 0 radical (unpaired) electrons. The van der Waals surface area contributed by atoms with Crippen molar-refractivity contribution in [2.24, 2.45) is 5.73 Å². The summed E-state index contributed by atoms with van der Waals surface area (Å²) in [5, 5.41) is 8.62. The maximum absolute atomic E-state index is 8.62. The third kappa shape index (κ3) is 1.83. The second kappa shape index (κ2) is 3.64. The van der Waals surface area contributed by atoms with Crippen molar-refractivity contribution < 1.29 is 4.74 Å². The number of pyridine rings is 1. The summed E-state index contributed by atoms with van der Waals surface area (Å²) in [4.78, 5) is 4.01. The largest absolute Gasteiger partial charge is 0.474 e. The van der Waals surface area contributed by atoms with Gasteiger partial charge in [-0.05, 0) is 18.9 Å². The Hall–Kier alpha value is -1.60. The molecule has 4 heteroatoms. The van der Waals surface area contributed by atoms with Crippen LogP contribution in [0.4, 0.5) is 0 Å². The molecule has 2 N–H and O–H groups in total. The van der Waals surface area contributed by atoms with Gasteiger partial charge in [0, 0.05) is 12.1 Å². The minimum atomic E-state index is 0.173. The van der Waals surface area contributed by atoms with Crippen molar-refractivity contribution in [2.75, 3.05) is 0 Å². The van der Waals surface area contributed by atoms with E-state index >= 15 is 0 Å². The van der Waals surface area contributed by atoms with Crippen LogP contribution in [0.25, 0.3) is 0 Å². The highest BCUT2D eigenvalue weighted by Crippen LogP contribution is 2.23. The molecule has 4 nitrogen and oxygen atoms in total. The lowest BCUT2D eigenvalue weighted by atomic mass is 9.90. The lowest BCUT2D eigenvalue weighted by Gasteiger charge is -2.32. The second-order valence-electron chi connectivity index (χ2n) is 3.44. The molecule has 0 saturated heterocycles. The van der Waals surface area contributed by atoms with Crippen LogP contribution >= 0.6 is 0 Å². The number of aromatic nitrogens is 1. The first-order chi connectivity index (χ1) is 6.78. The van der Waals surface area contributed by atoms with E-state index in [1.54, 1.807) is 18.2 Å². The zero-order valence-corrected chi connectivity index (χ0v) is 7.68. The monoisotopic (exact) mass is 189 g/mol. The van der Waals surface area contributed by atoms with Crippen LogP contribution < -0.4 is 10.5 Å². The van der Waals surface area contributed by atoms with Gasteiger partial charge in [-0.3, -0.25) is 0 Å². The van der Waals surface area contributed by atoms with Gasteiger partial charge in [0.15, 0.2) is 0 Å². The molecule has 1 aromatic heterocycles. The van der Waals surface area contributed by atoms with Gasteiger partial charge in [0.05, 0.1) is 0 Å². The SMILES string of the molecule is N#Cc1cccc(OC2CC(N)C2)n1. The Bertz CT molecular complexity index is 366. The molecule has 0 unspecified atom stereocenters.